The first-order valence-corrected chi connectivity index (χ1v) is 4.75. The SMILES string of the molecule is [NH3+][C@@H](N/N=C\c1ccc([N+](=O)[O-])cc1)N[N+](=O)[O-]. The van der Waals surface area contributed by atoms with Crippen LogP contribution in [0.25, 0.3) is 0 Å². The molecule has 1 aromatic carbocycles. The van der Waals surface area contributed by atoms with Crippen LogP contribution >= 0.6 is 0 Å². The number of hydrogen-bond acceptors (Lipinski definition) is 6. The molecule has 1 aromatic rings. The molecule has 0 aromatic heterocycles. The number of nitro benzene ring substituents is 1. The molecule has 0 heterocycles. The second kappa shape index (κ2) is 6.10. The van der Waals surface area contributed by atoms with Crippen molar-refractivity contribution in [3.05, 3.63) is 50.1 Å². The molecule has 0 radical (unpaired) electrons. The Labute approximate surface area is 101 Å². The minimum Gasteiger partial charge on any atom is -0.315 e. The van der Waals surface area contributed by atoms with Gasteiger partial charge in [-0.1, -0.05) is 5.43 Å². The number of hydrazine groups is 1. The molecule has 0 aliphatic carbocycles. The maximum Gasteiger partial charge on any atom is 0.303 e. The Bertz CT molecular complexity index is 459. The molecule has 0 spiro atoms. The van der Waals surface area contributed by atoms with Crippen LogP contribution in [0.2, 0.25) is 0 Å². The van der Waals surface area contributed by atoms with Crippen LogP contribution in [-0.2, 0) is 0 Å². The summed E-state index contributed by atoms with van der Waals surface area (Å²) in [6, 6.07) is 5.67. The standard InChI is InChI=1S/C8H10N6O4/c9-8(12-14(17)18)11-10-5-6-1-3-7(4-2-6)13(15)16/h1-5,8,11-12H,9H2/p+1/b10-5-/t8-/m0/s1. The Kier molecular flexibility index (Phi) is 4.51. The van der Waals surface area contributed by atoms with Crippen molar-refractivity contribution in [1.82, 2.24) is 10.9 Å². The molecule has 10 heteroatoms. The molecule has 0 saturated heterocycles. The lowest BCUT2D eigenvalue weighted by Gasteiger charge is -2.02. The molecular weight excluding hydrogens is 244 g/mol. The van der Waals surface area contributed by atoms with Crippen LogP contribution in [0.1, 0.15) is 5.56 Å². The van der Waals surface area contributed by atoms with Crippen LogP contribution in [0.5, 0.6) is 0 Å². The van der Waals surface area contributed by atoms with E-state index >= 15 is 0 Å². The van der Waals surface area contributed by atoms with Crippen molar-refractivity contribution in [2.45, 2.75) is 6.29 Å². The Hall–Kier alpha value is -2.75. The molecule has 5 N–H and O–H groups in total. The molecule has 96 valence electrons. The van der Waals surface area contributed by atoms with Gasteiger partial charge in [0.15, 0.2) is 5.03 Å². The summed E-state index contributed by atoms with van der Waals surface area (Å²) >= 11 is 0. The molecule has 0 amide bonds. The van der Waals surface area contributed by atoms with Crippen molar-refractivity contribution in [2.75, 3.05) is 0 Å². The van der Waals surface area contributed by atoms with E-state index < -0.39 is 16.2 Å². The molecule has 1 rings (SSSR count). The molecule has 0 unspecified atom stereocenters. The van der Waals surface area contributed by atoms with E-state index in [-0.39, 0.29) is 5.69 Å². The number of non-ortho nitro benzene ring substituents is 1. The Balaban J connectivity index is 2.52. The molecule has 1 atom stereocenters. The third-order valence-electron chi connectivity index (χ3n) is 1.81. The van der Waals surface area contributed by atoms with Crippen molar-refractivity contribution in [3.63, 3.8) is 0 Å². The van der Waals surface area contributed by atoms with Gasteiger partial charge in [0.1, 0.15) is 0 Å². The summed E-state index contributed by atoms with van der Waals surface area (Å²) < 4.78 is 0. The normalized spacial score (nSPS) is 12.1. The average molecular weight is 255 g/mol. The smallest absolute Gasteiger partial charge is 0.303 e. The van der Waals surface area contributed by atoms with Gasteiger partial charge in [-0.2, -0.15) is 5.10 Å². The zero-order chi connectivity index (χ0) is 13.5. The first-order chi connectivity index (χ1) is 8.49. The molecule has 0 bridgehead atoms. The van der Waals surface area contributed by atoms with Crippen molar-refractivity contribution in [2.24, 2.45) is 5.10 Å². The maximum atomic E-state index is 10.4. The van der Waals surface area contributed by atoms with Gasteiger partial charge < -0.3 is 5.73 Å². The lowest BCUT2D eigenvalue weighted by molar-refractivity contribution is -0.612. The monoisotopic (exact) mass is 255 g/mol. The van der Waals surface area contributed by atoms with E-state index in [0.29, 0.717) is 5.56 Å². The van der Waals surface area contributed by atoms with Gasteiger partial charge in [0.05, 0.1) is 11.1 Å². The zero-order valence-corrected chi connectivity index (χ0v) is 9.15. The van der Waals surface area contributed by atoms with E-state index in [0.717, 1.165) is 0 Å². The summed E-state index contributed by atoms with van der Waals surface area (Å²) in [5, 5.41) is 23.4. The van der Waals surface area contributed by atoms with Gasteiger partial charge in [0.25, 0.3) is 5.69 Å². The highest BCUT2D eigenvalue weighted by Crippen LogP contribution is 2.10. The second-order valence-corrected chi connectivity index (χ2v) is 3.17. The lowest BCUT2D eigenvalue weighted by atomic mass is 10.2. The van der Waals surface area contributed by atoms with E-state index in [9.17, 15) is 20.2 Å². The first kappa shape index (κ1) is 13.3. The topological polar surface area (TPSA) is 150 Å². The zero-order valence-electron chi connectivity index (χ0n) is 9.15. The number of nitro groups is 2. The second-order valence-electron chi connectivity index (χ2n) is 3.17. The Morgan fingerprint density at radius 2 is 1.89 bits per heavy atom. The van der Waals surface area contributed by atoms with E-state index in [4.69, 9.17) is 0 Å². The number of hydrogen-bond donors (Lipinski definition) is 3. The summed E-state index contributed by atoms with van der Waals surface area (Å²) in [6.45, 7) is 0. The van der Waals surface area contributed by atoms with Crippen molar-refractivity contribution in [3.8, 4) is 0 Å². The summed E-state index contributed by atoms with van der Waals surface area (Å²) in [4.78, 5) is 19.9. The average Bonchev–Trinajstić information content (AvgIpc) is 2.28. The number of benzene rings is 1. The molecule has 10 nitrogen and oxygen atoms in total. The highest BCUT2D eigenvalue weighted by molar-refractivity contribution is 5.79. The Morgan fingerprint density at radius 1 is 1.28 bits per heavy atom. The van der Waals surface area contributed by atoms with E-state index in [1.165, 1.54) is 30.5 Å². The summed E-state index contributed by atoms with van der Waals surface area (Å²) in [5.74, 6) is 0. The number of nitrogens with zero attached hydrogens (tertiary/aromatic N) is 3. The minimum atomic E-state index is -0.880. The van der Waals surface area contributed by atoms with Crippen LogP contribution in [0, 0.1) is 20.2 Å². The van der Waals surface area contributed by atoms with Crippen molar-refractivity contribution >= 4 is 11.9 Å². The van der Waals surface area contributed by atoms with E-state index in [1.54, 1.807) is 0 Å². The van der Waals surface area contributed by atoms with Gasteiger partial charge in [-0.15, -0.1) is 0 Å². The predicted octanol–water partition coefficient (Wildman–Crippen LogP) is -1.17. The molecule has 0 fully saturated rings. The van der Waals surface area contributed by atoms with Gasteiger partial charge in [0, 0.05) is 12.1 Å². The third kappa shape index (κ3) is 4.40. The third-order valence-corrected chi connectivity index (χ3v) is 1.81. The number of quaternary nitrogens is 1. The molecule has 0 saturated carbocycles. The van der Waals surface area contributed by atoms with Gasteiger partial charge in [-0.3, -0.25) is 10.1 Å². The first-order valence-electron chi connectivity index (χ1n) is 4.75. The number of hydrazone groups is 1. The lowest BCUT2D eigenvalue weighted by Crippen LogP contribution is -2.74. The highest BCUT2D eigenvalue weighted by atomic mass is 16.7. The van der Waals surface area contributed by atoms with Crippen LogP contribution in [0.3, 0.4) is 0 Å². The number of nitrogens with one attached hydrogen (secondary N) is 2. The van der Waals surface area contributed by atoms with Crippen LogP contribution in [0.4, 0.5) is 5.69 Å². The van der Waals surface area contributed by atoms with Gasteiger partial charge in [0.2, 0.25) is 0 Å². The van der Waals surface area contributed by atoms with Gasteiger partial charge in [-0.05, 0) is 17.7 Å². The molecule has 0 aliphatic heterocycles. The van der Waals surface area contributed by atoms with Crippen LogP contribution in [-0.4, -0.2) is 22.5 Å². The van der Waals surface area contributed by atoms with E-state index in [2.05, 4.69) is 16.3 Å². The maximum absolute atomic E-state index is 10.4. The summed E-state index contributed by atoms with van der Waals surface area (Å²) in [6.07, 6.45) is 0.484. The molecular formula is C8H11N6O4+. The van der Waals surface area contributed by atoms with E-state index in [1.807, 2.05) is 5.43 Å². The van der Waals surface area contributed by atoms with Gasteiger partial charge >= 0.3 is 6.29 Å². The minimum absolute atomic E-state index is 0.0230. The molecule has 18 heavy (non-hydrogen) atoms. The highest BCUT2D eigenvalue weighted by Gasteiger charge is 2.07. The van der Waals surface area contributed by atoms with Crippen LogP contribution in [0.15, 0.2) is 29.4 Å². The number of rotatable bonds is 6. The largest absolute Gasteiger partial charge is 0.315 e. The summed E-state index contributed by atoms with van der Waals surface area (Å²) in [5.41, 5.74) is 8.19. The fourth-order valence-corrected chi connectivity index (χ4v) is 1.04. The Morgan fingerprint density at radius 3 is 2.39 bits per heavy atom. The fourth-order valence-electron chi connectivity index (χ4n) is 1.04. The van der Waals surface area contributed by atoms with Gasteiger partial charge in [-0.25, -0.2) is 15.5 Å². The fraction of sp³-hybridized carbons (Fsp3) is 0.125. The predicted molar refractivity (Wildman–Crippen MR) is 60.6 cm³/mol. The molecule has 0 aliphatic rings. The van der Waals surface area contributed by atoms with Crippen LogP contribution < -0.4 is 16.6 Å². The van der Waals surface area contributed by atoms with Crippen molar-refractivity contribution < 1.29 is 15.7 Å². The summed E-state index contributed by atoms with van der Waals surface area (Å²) in [7, 11) is 0. The quantitative estimate of drug-likeness (QED) is 0.252. The van der Waals surface area contributed by atoms with Crippen molar-refractivity contribution in [1.29, 1.82) is 0 Å².